The Bertz CT molecular complexity index is 546. The van der Waals surface area contributed by atoms with Crippen LogP contribution < -0.4 is 4.74 Å². The van der Waals surface area contributed by atoms with Crippen LogP contribution >= 0.6 is 11.6 Å². The van der Waals surface area contributed by atoms with Crippen LogP contribution in [0.4, 0.5) is 0 Å². The molecule has 5 heteroatoms. The molecule has 1 aromatic heterocycles. The zero-order chi connectivity index (χ0) is 13.0. The Balaban J connectivity index is 2.39. The van der Waals surface area contributed by atoms with Crippen LogP contribution in [-0.2, 0) is 0 Å². The van der Waals surface area contributed by atoms with Gasteiger partial charge in [-0.3, -0.25) is 0 Å². The highest BCUT2D eigenvalue weighted by Crippen LogP contribution is 2.22. The maximum Gasteiger partial charge on any atom is 0.321 e. The van der Waals surface area contributed by atoms with Crippen LogP contribution in [0.25, 0.3) is 11.4 Å². The minimum absolute atomic E-state index is 0.148. The van der Waals surface area contributed by atoms with Gasteiger partial charge in [0, 0.05) is 5.56 Å². The lowest BCUT2D eigenvalue weighted by molar-refractivity contribution is 0.291. The van der Waals surface area contributed by atoms with Gasteiger partial charge in [0.2, 0.25) is 5.28 Å². The second-order valence-electron chi connectivity index (χ2n) is 3.87. The topological polar surface area (TPSA) is 47.9 Å². The highest BCUT2D eigenvalue weighted by atomic mass is 35.5. The molecule has 0 saturated heterocycles. The summed E-state index contributed by atoms with van der Waals surface area (Å²) in [5.74, 6) is 0.541. The van der Waals surface area contributed by atoms with Gasteiger partial charge in [0.1, 0.15) is 0 Å². The summed E-state index contributed by atoms with van der Waals surface area (Å²) in [5.41, 5.74) is 2.02. The van der Waals surface area contributed by atoms with Gasteiger partial charge in [0.15, 0.2) is 5.82 Å². The molecule has 0 N–H and O–H groups in total. The Morgan fingerprint density at radius 2 is 1.94 bits per heavy atom. The lowest BCUT2D eigenvalue weighted by Crippen LogP contribution is -2.03. The van der Waals surface area contributed by atoms with Crippen molar-refractivity contribution in [1.29, 1.82) is 0 Å². The number of hydrogen-bond donors (Lipinski definition) is 0. The van der Waals surface area contributed by atoms with E-state index in [0.29, 0.717) is 12.4 Å². The number of aryl methyl sites for hydroxylation is 1. The van der Waals surface area contributed by atoms with Crippen molar-refractivity contribution in [2.45, 2.75) is 20.3 Å². The van der Waals surface area contributed by atoms with Crippen LogP contribution in [0, 0.1) is 6.92 Å². The highest BCUT2D eigenvalue weighted by Gasteiger charge is 2.09. The average molecular weight is 264 g/mol. The molecule has 0 aliphatic carbocycles. The molecule has 18 heavy (non-hydrogen) atoms. The molecule has 0 aliphatic heterocycles. The lowest BCUT2D eigenvalue weighted by atomic mass is 10.1. The second-order valence-corrected chi connectivity index (χ2v) is 4.21. The molecule has 0 radical (unpaired) electrons. The maximum absolute atomic E-state index is 5.89. The summed E-state index contributed by atoms with van der Waals surface area (Å²) in [4.78, 5) is 12.4. The van der Waals surface area contributed by atoms with Crippen molar-refractivity contribution >= 4 is 11.6 Å². The summed E-state index contributed by atoms with van der Waals surface area (Å²) in [7, 11) is 0. The minimum atomic E-state index is 0.148. The standard InChI is InChI=1S/C13H14ClN3O/c1-3-8-18-13-16-11(15-12(14)17-13)10-7-5-4-6-9(10)2/h4-7H,3,8H2,1-2H3. The normalized spacial score (nSPS) is 10.4. The van der Waals surface area contributed by atoms with Gasteiger partial charge in [-0.1, -0.05) is 31.2 Å². The Hall–Kier alpha value is -1.68. The summed E-state index contributed by atoms with van der Waals surface area (Å²) >= 11 is 5.89. The van der Waals surface area contributed by atoms with E-state index < -0.39 is 0 Å². The number of ether oxygens (including phenoxy) is 1. The zero-order valence-corrected chi connectivity index (χ0v) is 11.1. The van der Waals surface area contributed by atoms with E-state index in [2.05, 4.69) is 15.0 Å². The molecule has 2 aromatic rings. The first kappa shape index (κ1) is 12.8. The molecule has 2 rings (SSSR count). The number of halogens is 1. The summed E-state index contributed by atoms with van der Waals surface area (Å²) in [6, 6.07) is 8.13. The predicted octanol–water partition coefficient (Wildman–Crippen LogP) is 3.29. The van der Waals surface area contributed by atoms with Crippen molar-refractivity contribution in [2.24, 2.45) is 0 Å². The smallest absolute Gasteiger partial charge is 0.321 e. The predicted molar refractivity (Wildman–Crippen MR) is 70.8 cm³/mol. The van der Waals surface area contributed by atoms with Crippen LogP contribution in [0.2, 0.25) is 5.28 Å². The monoisotopic (exact) mass is 263 g/mol. The van der Waals surface area contributed by atoms with Crippen LogP contribution in [0.1, 0.15) is 18.9 Å². The fourth-order valence-corrected chi connectivity index (χ4v) is 1.69. The average Bonchev–Trinajstić information content (AvgIpc) is 2.36. The summed E-state index contributed by atoms with van der Waals surface area (Å²) in [5, 5.41) is 0.148. The number of hydrogen-bond acceptors (Lipinski definition) is 4. The van der Waals surface area contributed by atoms with Gasteiger partial charge in [-0.15, -0.1) is 0 Å². The van der Waals surface area contributed by atoms with Gasteiger partial charge in [0.05, 0.1) is 6.61 Å². The highest BCUT2D eigenvalue weighted by molar-refractivity contribution is 6.28. The first-order valence-electron chi connectivity index (χ1n) is 5.81. The molecule has 0 aliphatic rings. The third-order valence-corrected chi connectivity index (χ3v) is 2.58. The third kappa shape index (κ3) is 2.96. The van der Waals surface area contributed by atoms with E-state index in [0.717, 1.165) is 17.5 Å². The Kier molecular flexibility index (Phi) is 4.10. The quantitative estimate of drug-likeness (QED) is 0.849. The van der Waals surface area contributed by atoms with E-state index in [9.17, 15) is 0 Å². The molecule has 94 valence electrons. The van der Waals surface area contributed by atoms with Crippen molar-refractivity contribution in [3.8, 4) is 17.4 Å². The van der Waals surface area contributed by atoms with Gasteiger partial charge in [-0.25, -0.2) is 0 Å². The molecule has 1 aromatic carbocycles. The van der Waals surface area contributed by atoms with Gasteiger partial charge in [-0.05, 0) is 30.5 Å². The van der Waals surface area contributed by atoms with Crippen LogP contribution in [0.5, 0.6) is 6.01 Å². The molecule has 0 amide bonds. The van der Waals surface area contributed by atoms with E-state index in [4.69, 9.17) is 16.3 Å². The van der Waals surface area contributed by atoms with E-state index >= 15 is 0 Å². The minimum Gasteiger partial charge on any atom is -0.463 e. The Labute approximate surface area is 111 Å². The first-order valence-corrected chi connectivity index (χ1v) is 6.19. The first-order chi connectivity index (χ1) is 8.70. The van der Waals surface area contributed by atoms with Crippen LogP contribution in [0.15, 0.2) is 24.3 Å². The Morgan fingerprint density at radius 3 is 2.67 bits per heavy atom. The number of aromatic nitrogens is 3. The lowest BCUT2D eigenvalue weighted by Gasteiger charge is -2.07. The summed E-state index contributed by atoms with van der Waals surface area (Å²) in [6.45, 7) is 4.58. The number of benzene rings is 1. The van der Waals surface area contributed by atoms with Crippen LogP contribution in [0.3, 0.4) is 0 Å². The van der Waals surface area contributed by atoms with Crippen molar-refractivity contribution in [2.75, 3.05) is 6.61 Å². The van der Waals surface area contributed by atoms with Crippen molar-refractivity contribution < 1.29 is 4.74 Å². The molecule has 0 bridgehead atoms. The zero-order valence-electron chi connectivity index (χ0n) is 10.4. The molecule has 0 spiro atoms. The third-order valence-electron chi connectivity index (χ3n) is 2.41. The molecule has 4 nitrogen and oxygen atoms in total. The van der Waals surface area contributed by atoms with Crippen LogP contribution in [-0.4, -0.2) is 21.6 Å². The molecule has 0 atom stereocenters. The van der Waals surface area contributed by atoms with E-state index in [1.54, 1.807) is 0 Å². The largest absolute Gasteiger partial charge is 0.463 e. The van der Waals surface area contributed by atoms with Gasteiger partial charge >= 0.3 is 6.01 Å². The molecule has 0 fully saturated rings. The van der Waals surface area contributed by atoms with Crippen molar-refractivity contribution in [1.82, 2.24) is 15.0 Å². The van der Waals surface area contributed by atoms with Gasteiger partial charge in [0.25, 0.3) is 0 Å². The SMILES string of the molecule is CCCOc1nc(Cl)nc(-c2ccccc2C)n1. The second kappa shape index (κ2) is 5.78. The molecule has 0 saturated carbocycles. The summed E-state index contributed by atoms with van der Waals surface area (Å²) in [6.07, 6.45) is 0.892. The van der Waals surface area contributed by atoms with E-state index in [1.165, 1.54) is 0 Å². The van der Waals surface area contributed by atoms with Gasteiger partial charge in [-0.2, -0.15) is 15.0 Å². The molecular formula is C13H14ClN3O. The fraction of sp³-hybridized carbons (Fsp3) is 0.308. The molecule has 0 unspecified atom stereocenters. The maximum atomic E-state index is 5.89. The van der Waals surface area contributed by atoms with Crippen molar-refractivity contribution in [3.05, 3.63) is 35.1 Å². The van der Waals surface area contributed by atoms with E-state index in [-0.39, 0.29) is 11.3 Å². The van der Waals surface area contributed by atoms with Crippen molar-refractivity contribution in [3.63, 3.8) is 0 Å². The number of nitrogens with zero attached hydrogens (tertiary/aromatic N) is 3. The Morgan fingerprint density at radius 1 is 1.17 bits per heavy atom. The fourth-order valence-electron chi connectivity index (χ4n) is 1.53. The van der Waals surface area contributed by atoms with Gasteiger partial charge < -0.3 is 4.74 Å². The van der Waals surface area contributed by atoms with E-state index in [1.807, 2.05) is 38.1 Å². The molecular weight excluding hydrogens is 250 g/mol. The number of rotatable bonds is 4. The summed E-state index contributed by atoms with van der Waals surface area (Å²) < 4.78 is 5.39. The molecule has 1 heterocycles.